The Kier molecular flexibility index (Phi) is 4.85. The third-order valence-electron chi connectivity index (χ3n) is 3.95. The van der Waals surface area contributed by atoms with E-state index in [0.717, 1.165) is 17.7 Å². The zero-order valence-electron chi connectivity index (χ0n) is 13.4. The zero-order valence-corrected chi connectivity index (χ0v) is 13.4. The first-order valence-corrected chi connectivity index (χ1v) is 7.87. The number of nitrogens with one attached hydrogen (secondary N) is 1. The molecule has 8 nitrogen and oxygen atoms in total. The fourth-order valence-electron chi connectivity index (χ4n) is 2.71. The molecule has 3 rings (SSSR count). The van der Waals surface area contributed by atoms with Crippen LogP contribution in [0.3, 0.4) is 0 Å². The molecule has 126 valence electrons. The zero-order chi connectivity index (χ0) is 16.9. The lowest BCUT2D eigenvalue weighted by molar-refractivity contribution is -0.383. The molecule has 1 N–H and O–H groups in total. The van der Waals surface area contributed by atoms with Gasteiger partial charge in [0, 0.05) is 18.8 Å². The second-order valence-corrected chi connectivity index (χ2v) is 5.39. The van der Waals surface area contributed by atoms with Crippen LogP contribution in [0.5, 0.6) is 0 Å². The van der Waals surface area contributed by atoms with Crippen molar-refractivity contribution >= 4 is 23.0 Å². The average Bonchev–Trinajstić information content (AvgIpc) is 2.62. The molecule has 0 aliphatic carbocycles. The molecule has 0 spiro atoms. The van der Waals surface area contributed by atoms with E-state index in [2.05, 4.69) is 15.3 Å². The van der Waals surface area contributed by atoms with E-state index in [4.69, 9.17) is 4.74 Å². The van der Waals surface area contributed by atoms with Crippen molar-refractivity contribution in [3.05, 3.63) is 46.3 Å². The van der Waals surface area contributed by atoms with Gasteiger partial charge in [0.2, 0.25) is 11.6 Å². The van der Waals surface area contributed by atoms with Gasteiger partial charge in [-0.3, -0.25) is 10.1 Å². The summed E-state index contributed by atoms with van der Waals surface area (Å²) in [6, 6.07) is 7.70. The number of anilines is 3. The van der Waals surface area contributed by atoms with Gasteiger partial charge in [-0.15, -0.1) is 0 Å². The van der Waals surface area contributed by atoms with E-state index in [1.54, 1.807) is 0 Å². The molecule has 0 atom stereocenters. The fourth-order valence-corrected chi connectivity index (χ4v) is 2.71. The molecule has 0 amide bonds. The number of hydrogen-bond donors (Lipinski definition) is 1. The number of aryl methyl sites for hydroxylation is 1. The number of rotatable bonds is 5. The van der Waals surface area contributed by atoms with Crippen LogP contribution in [0.25, 0.3) is 0 Å². The predicted octanol–water partition coefficient (Wildman–Crippen LogP) is 2.53. The summed E-state index contributed by atoms with van der Waals surface area (Å²) in [6.45, 7) is 4.24. The van der Waals surface area contributed by atoms with E-state index in [0.29, 0.717) is 32.1 Å². The topological polar surface area (TPSA) is 93.4 Å². The number of nitro groups is 1. The van der Waals surface area contributed by atoms with Crippen LogP contribution in [0, 0.1) is 10.1 Å². The summed E-state index contributed by atoms with van der Waals surface area (Å²) in [4.78, 5) is 21.3. The summed E-state index contributed by atoms with van der Waals surface area (Å²) < 4.78 is 5.31. The van der Waals surface area contributed by atoms with Gasteiger partial charge in [0.1, 0.15) is 6.33 Å². The predicted molar refractivity (Wildman–Crippen MR) is 90.8 cm³/mol. The number of morpholine rings is 1. The van der Waals surface area contributed by atoms with Crippen molar-refractivity contribution in [2.24, 2.45) is 0 Å². The van der Waals surface area contributed by atoms with Crippen molar-refractivity contribution in [3.63, 3.8) is 0 Å². The number of para-hydroxylation sites is 1. The molecule has 1 aromatic carbocycles. The molecule has 0 unspecified atom stereocenters. The maximum atomic E-state index is 11.7. The molecule has 0 saturated carbocycles. The van der Waals surface area contributed by atoms with E-state index >= 15 is 0 Å². The molecule has 1 aliphatic heterocycles. The highest BCUT2D eigenvalue weighted by atomic mass is 16.6. The van der Waals surface area contributed by atoms with Crippen LogP contribution in [0.2, 0.25) is 0 Å². The molecule has 1 aromatic heterocycles. The smallest absolute Gasteiger partial charge is 0.353 e. The quantitative estimate of drug-likeness (QED) is 0.665. The Morgan fingerprint density at radius 3 is 2.75 bits per heavy atom. The van der Waals surface area contributed by atoms with Crippen LogP contribution in [-0.2, 0) is 11.2 Å². The minimum Gasteiger partial charge on any atom is -0.378 e. The SMILES string of the molecule is CCc1ccccc1Nc1ncnc(N2CCOCC2)c1[N+](=O)[O-]. The van der Waals surface area contributed by atoms with Crippen molar-refractivity contribution in [2.75, 3.05) is 36.5 Å². The summed E-state index contributed by atoms with van der Waals surface area (Å²) in [5.74, 6) is 0.534. The molecule has 1 saturated heterocycles. The first-order chi connectivity index (χ1) is 11.7. The Morgan fingerprint density at radius 1 is 1.29 bits per heavy atom. The molecule has 0 radical (unpaired) electrons. The summed E-state index contributed by atoms with van der Waals surface area (Å²) in [6.07, 6.45) is 2.17. The lowest BCUT2D eigenvalue weighted by Gasteiger charge is -2.27. The highest BCUT2D eigenvalue weighted by Gasteiger charge is 2.28. The number of ether oxygens (including phenoxy) is 1. The van der Waals surface area contributed by atoms with Gasteiger partial charge in [-0.05, 0) is 18.1 Å². The Hall–Kier alpha value is -2.74. The highest BCUT2D eigenvalue weighted by Crippen LogP contribution is 2.34. The van der Waals surface area contributed by atoms with Crippen molar-refractivity contribution in [1.29, 1.82) is 0 Å². The number of hydrogen-bond acceptors (Lipinski definition) is 7. The molecule has 2 heterocycles. The van der Waals surface area contributed by atoms with Gasteiger partial charge in [-0.1, -0.05) is 25.1 Å². The van der Waals surface area contributed by atoms with Crippen molar-refractivity contribution in [3.8, 4) is 0 Å². The lowest BCUT2D eigenvalue weighted by Crippen LogP contribution is -2.37. The minimum atomic E-state index is -0.429. The summed E-state index contributed by atoms with van der Waals surface area (Å²) in [5.41, 5.74) is 1.78. The second-order valence-electron chi connectivity index (χ2n) is 5.39. The molecule has 24 heavy (non-hydrogen) atoms. The Bertz CT molecular complexity index is 731. The van der Waals surface area contributed by atoms with Gasteiger partial charge in [0.15, 0.2) is 0 Å². The third kappa shape index (κ3) is 3.28. The number of aromatic nitrogens is 2. The van der Waals surface area contributed by atoms with Gasteiger partial charge < -0.3 is 15.0 Å². The first kappa shape index (κ1) is 16.1. The number of benzene rings is 1. The third-order valence-corrected chi connectivity index (χ3v) is 3.95. The molecular weight excluding hydrogens is 310 g/mol. The van der Waals surface area contributed by atoms with Crippen LogP contribution >= 0.6 is 0 Å². The standard InChI is InChI=1S/C16H19N5O3/c1-2-12-5-3-4-6-13(12)19-15-14(21(22)23)16(18-11-17-15)20-7-9-24-10-8-20/h3-6,11H,2,7-10H2,1H3,(H,17,18,19). The molecule has 0 bridgehead atoms. The molecule has 1 fully saturated rings. The minimum absolute atomic E-state index is 0.106. The summed E-state index contributed by atoms with van der Waals surface area (Å²) >= 11 is 0. The molecule has 1 aliphatic rings. The Balaban J connectivity index is 1.99. The van der Waals surface area contributed by atoms with Gasteiger partial charge in [0.25, 0.3) is 0 Å². The van der Waals surface area contributed by atoms with E-state index in [1.807, 2.05) is 36.1 Å². The maximum Gasteiger partial charge on any atom is 0.353 e. The highest BCUT2D eigenvalue weighted by molar-refractivity contribution is 5.75. The van der Waals surface area contributed by atoms with Gasteiger partial charge in [-0.2, -0.15) is 0 Å². The molecular formula is C16H19N5O3. The lowest BCUT2D eigenvalue weighted by atomic mass is 10.1. The summed E-state index contributed by atoms with van der Waals surface area (Å²) in [7, 11) is 0. The van der Waals surface area contributed by atoms with Crippen LogP contribution in [0.15, 0.2) is 30.6 Å². The van der Waals surface area contributed by atoms with Crippen LogP contribution in [0.4, 0.5) is 23.0 Å². The van der Waals surface area contributed by atoms with E-state index < -0.39 is 4.92 Å². The average molecular weight is 329 g/mol. The normalized spacial score (nSPS) is 14.5. The van der Waals surface area contributed by atoms with Crippen LogP contribution in [0.1, 0.15) is 12.5 Å². The van der Waals surface area contributed by atoms with Crippen LogP contribution < -0.4 is 10.2 Å². The van der Waals surface area contributed by atoms with Crippen molar-refractivity contribution < 1.29 is 9.66 Å². The van der Waals surface area contributed by atoms with Crippen molar-refractivity contribution in [1.82, 2.24) is 9.97 Å². The fraction of sp³-hybridized carbons (Fsp3) is 0.375. The maximum absolute atomic E-state index is 11.7. The Morgan fingerprint density at radius 2 is 2.04 bits per heavy atom. The van der Waals surface area contributed by atoms with E-state index in [9.17, 15) is 10.1 Å². The largest absolute Gasteiger partial charge is 0.378 e. The van der Waals surface area contributed by atoms with Gasteiger partial charge in [0.05, 0.1) is 18.1 Å². The summed E-state index contributed by atoms with van der Waals surface area (Å²) in [5, 5.41) is 14.8. The Labute approximate surface area is 139 Å². The van der Waals surface area contributed by atoms with Crippen LogP contribution in [-0.4, -0.2) is 41.2 Å². The van der Waals surface area contributed by atoms with E-state index in [1.165, 1.54) is 6.33 Å². The van der Waals surface area contributed by atoms with Gasteiger partial charge in [-0.25, -0.2) is 9.97 Å². The molecule has 8 heteroatoms. The molecule has 2 aromatic rings. The first-order valence-electron chi connectivity index (χ1n) is 7.87. The monoisotopic (exact) mass is 329 g/mol. The van der Waals surface area contributed by atoms with E-state index in [-0.39, 0.29) is 11.5 Å². The van der Waals surface area contributed by atoms with Crippen molar-refractivity contribution in [2.45, 2.75) is 13.3 Å². The number of nitrogens with zero attached hydrogens (tertiary/aromatic N) is 4. The van der Waals surface area contributed by atoms with Gasteiger partial charge >= 0.3 is 5.69 Å². The second kappa shape index (κ2) is 7.22.